The van der Waals surface area contributed by atoms with Gasteiger partial charge in [0.05, 0.1) is 18.1 Å². The molecule has 0 saturated heterocycles. The summed E-state index contributed by atoms with van der Waals surface area (Å²) >= 11 is 0. The normalized spacial score (nSPS) is 13.2. The van der Waals surface area contributed by atoms with Crippen molar-refractivity contribution in [1.29, 1.82) is 5.26 Å². The molecule has 0 fully saturated rings. The van der Waals surface area contributed by atoms with Crippen LogP contribution in [-0.2, 0) is 0 Å². The molecule has 0 spiro atoms. The van der Waals surface area contributed by atoms with Gasteiger partial charge in [0.2, 0.25) is 0 Å². The van der Waals surface area contributed by atoms with Crippen molar-refractivity contribution in [2.45, 2.75) is 25.9 Å². The minimum Gasteiger partial charge on any atom is -0.457 e. The summed E-state index contributed by atoms with van der Waals surface area (Å²) in [5.74, 6) is 1.02. The minimum absolute atomic E-state index is 0.387. The molecule has 0 aliphatic carbocycles. The Morgan fingerprint density at radius 1 is 1.10 bits per heavy atom. The van der Waals surface area contributed by atoms with Crippen LogP contribution >= 0.6 is 0 Å². The lowest BCUT2D eigenvalue weighted by Gasteiger charge is -2.17. The van der Waals surface area contributed by atoms with E-state index in [2.05, 4.69) is 6.07 Å². The van der Waals surface area contributed by atoms with E-state index >= 15 is 0 Å². The Bertz CT molecular complexity index is 604. The molecule has 108 valence electrons. The molecule has 0 aliphatic rings. The van der Waals surface area contributed by atoms with Gasteiger partial charge in [-0.25, -0.2) is 0 Å². The van der Waals surface area contributed by atoms with Gasteiger partial charge in [0, 0.05) is 0 Å². The van der Waals surface area contributed by atoms with Crippen LogP contribution in [0.4, 0.5) is 0 Å². The van der Waals surface area contributed by atoms with Crippen molar-refractivity contribution < 1.29 is 9.84 Å². The Balaban J connectivity index is 2.16. The van der Waals surface area contributed by atoms with E-state index in [0.29, 0.717) is 17.7 Å². The second-order valence-corrected chi connectivity index (χ2v) is 4.96. The van der Waals surface area contributed by atoms with Crippen molar-refractivity contribution in [3.8, 4) is 17.6 Å². The van der Waals surface area contributed by atoms with Crippen LogP contribution in [0.1, 0.15) is 31.4 Å². The average molecular weight is 281 g/mol. The molecule has 3 nitrogen and oxygen atoms in total. The lowest BCUT2D eigenvalue weighted by Crippen LogP contribution is -2.10. The first-order chi connectivity index (χ1) is 10.2. The zero-order chi connectivity index (χ0) is 15.1. The highest BCUT2D eigenvalue weighted by Crippen LogP contribution is 2.29. The maximum absolute atomic E-state index is 10.3. The highest BCUT2D eigenvalue weighted by atomic mass is 16.5. The van der Waals surface area contributed by atoms with E-state index in [1.54, 1.807) is 6.07 Å². The SMILES string of the molecule is CCCC(C#N)C(O)c1cccc(Oc2ccccc2)c1. The molecule has 0 heterocycles. The third-order valence-corrected chi connectivity index (χ3v) is 3.33. The second kappa shape index (κ2) is 7.47. The Kier molecular flexibility index (Phi) is 5.36. The molecule has 2 aromatic rings. The molecule has 2 aromatic carbocycles. The molecule has 2 unspecified atom stereocenters. The van der Waals surface area contributed by atoms with Crippen molar-refractivity contribution in [3.63, 3.8) is 0 Å². The van der Waals surface area contributed by atoms with E-state index in [0.717, 1.165) is 12.2 Å². The predicted octanol–water partition coefficient (Wildman–Crippen LogP) is 4.45. The molecule has 0 radical (unpaired) electrons. The van der Waals surface area contributed by atoms with Crippen LogP contribution in [0, 0.1) is 17.2 Å². The Morgan fingerprint density at radius 3 is 2.48 bits per heavy atom. The molecule has 0 bridgehead atoms. The molecule has 3 heteroatoms. The second-order valence-electron chi connectivity index (χ2n) is 4.96. The van der Waals surface area contributed by atoms with Crippen LogP contribution in [0.15, 0.2) is 54.6 Å². The fourth-order valence-corrected chi connectivity index (χ4v) is 2.22. The Labute approximate surface area is 125 Å². The largest absolute Gasteiger partial charge is 0.457 e. The fraction of sp³-hybridized carbons (Fsp3) is 0.278. The van der Waals surface area contributed by atoms with Crippen LogP contribution in [0.3, 0.4) is 0 Å². The lowest BCUT2D eigenvalue weighted by atomic mass is 9.93. The van der Waals surface area contributed by atoms with Crippen LogP contribution in [-0.4, -0.2) is 5.11 Å². The number of para-hydroxylation sites is 1. The third-order valence-electron chi connectivity index (χ3n) is 3.33. The first-order valence-electron chi connectivity index (χ1n) is 7.15. The van der Waals surface area contributed by atoms with Crippen LogP contribution in [0.5, 0.6) is 11.5 Å². The molecule has 0 aromatic heterocycles. The first kappa shape index (κ1) is 15.1. The first-order valence-corrected chi connectivity index (χ1v) is 7.15. The number of rotatable bonds is 6. The molecule has 21 heavy (non-hydrogen) atoms. The number of benzene rings is 2. The summed E-state index contributed by atoms with van der Waals surface area (Å²) in [5, 5.41) is 19.5. The molecular formula is C18H19NO2. The molecule has 0 amide bonds. The topological polar surface area (TPSA) is 53.2 Å². The number of nitriles is 1. The summed E-state index contributed by atoms with van der Waals surface area (Å²) in [6.07, 6.45) is 0.769. The van der Waals surface area contributed by atoms with Gasteiger partial charge in [-0.15, -0.1) is 0 Å². The summed E-state index contributed by atoms with van der Waals surface area (Å²) in [6, 6.07) is 18.9. The van der Waals surface area contributed by atoms with E-state index in [1.165, 1.54) is 0 Å². The number of hydrogen-bond acceptors (Lipinski definition) is 3. The van der Waals surface area contributed by atoms with Crippen molar-refractivity contribution in [1.82, 2.24) is 0 Å². The Hall–Kier alpha value is -2.31. The summed E-state index contributed by atoms with van der Waals surface area (Å²) in [7, 11) is 0. The molecule has 1 N–H and O–H groups in total. The van der Waals surface area contributed by atoms with Crippen molar-refractivity contribution in [2.75, 3.05) is 0 Å². The van der Waals surface area contributed by atoms with Gasteiger partial charge in [-0.1, -0.05) is 43.7 Å². The van der Waals surface area contributed by atoms with Crippen molar-refractivity contribution >= 4 is 0 Å². The van der Waals surface area contributed by atoms with Gasteiger partial charge in [-0.2, -0.15) is 5.26 Å². The zero-order valence-electron chi connectivity index (χ0n) is 12.1. The molecular weight excluding hydrogens is 262 g/mol. The Morgan fingerprint density at radius 2 is 1.81 bits per heavy atom. The van der Waals surface area contributed by atoms with Crippen molar-refractivity contribution in [3.05, 3.63) is 60.2 Å². The summed E-state index contributed by atoms with van der Waals surface area (Å²) in [4.78, 5) is 0. The number of hydrogen-bond donors (Lipinski definition) is 1. The van der Waals surface area contributed by atoms with Crippen molar-refractivity contribution in [2.24, 2.45) is 5.92 Å². The van der Waals surface area contributed by atoms with E-state index in [1.807, 2.05) is 55.5 Å². The third kappa shape index (κ3) is 4.08. The van der Waals surface area contributed by atoms with Gasteiger partial charge in [0.25, 0.3) is 0 Å². The van der Waals surface area contributed by atoms with Gasteiger partial charge in [0.15, 0.2) is 0 Å². The number of aliphatic hydroxyl groups excluding tert-OH is 1. The predicted molar refractivity (Wildman–Crippen MR) is 81.9 cm³/mol. The zero-order valence-corrected chi connectivity index (χ0v) is 12.1. The highest BCUT2D eigenvalue weighted by Gasteiger charge is 2.20. The van der Waals surface area contributed by atoms with E-state index < -0.39 is 6.10 Å². The average Bonchev–Trinajstić information content (AvgIpc) is 2.53. The van der Waals surface area contributed by atoms with Gasteiger partial charge in [-0.05, 0) is 36.2 Å². The smallest absolute Gasteiger partial charge is 0.127 e. The molecule has 0 aliphatic heterocycles. The standard InChI is InChI=1S/C18H19NO2/c1-2-7-15(13-19)18(20)14-8-6-11-17(12-14)21-16-9-4-3-5-10-16/h3-6,8-12,15,18,20H,2,7H2,1H3. The summed E-state index contributed by atoms with van der Waals surface area (Å²) < 4.78 is 5.75. The quantitative estimate of drug-likeness (QED) is 0.851. The molecule has 0 saturated carbocycles. The molecule has 2 atom stereocenters. The summed E-state index contributed by atoms with van der Waals surface area (Å²) in [5.41, 5.74) is 0.712. The van der Waals surface area contributed by atoms with Crippen LogP contribution < -0.4 is 4.74 Å². The summed E-state index contributed by atoms with van der Waals surface area (Å²) in [6.45, 7) is 2.01. The molecule has 2 rings (SSSR count). The maximum atomic E-state index is 10.3. The number of ether oxygens (including phenoxy) is 1. The highest BCUT2D eigenvalue weighted by molar-refractivity contribution is 5.35. The number of nitrogens with zero attached hydrogens (tertiary/aromatic N) is 1. The van der Waals surface area contributed by atoms with Crippen LogP contribution in [0.2, 0.25) is 0 Å². The fourth-order valence-electron chi connectivity index (χ4n) is 2.22. The van der Waals surface area contributed by atoms with E-state index in [9.17, 15) is 5.11 Å². The van der Waals surface area contributed by atoms with Gasteiger partial charge in [0.1, 0.15) is 11.5 Å². The minimum atomic E-state index is -0.783. The van der Waals surface area contributed by atoms with Gasteiger partial charge in [-0.3, -0.25) is 0 Å². The maximum Gasteiger partial charge on any atom is 0.127 e. The van der Waals surface area contributed by atoms with Gasteiger partial charge < -0.3 is 9.84 Å². The monoisotopic (exact) mass is 281 g/mol. The van der Waals surface area contributed by atoms with Gasteiger partial charge >= 0.3 is 0 Å². The van der Waals surface area contributed by atoms with Crippen LogP contribution in [0.25, 0.3) is 0 Å². The van der Waals surface area contributed by atoms with E-state index in [4.69, 9.17) is 10.00 Å². The number of aliphatic hydroxyl groups is 1. The lowest BCUT2D eigenvalue weighted by molar-refractivity contribution is 0.129. The van der Waals surface area contributed by atoms with E-state index in [-0.39, 0.29) is 5.92 Å².